The van der Waals surface area contributed by atoms with Gasteiger partial charge < -0.3 is 16.8 Å². The lowest BCUT2D eigenvalue weighted by Gasteiger charge is -2.00. The van der Waals surface area contributed by atoms with E-state index in [1.165, 1.54) is 0 Å². The van der Waals surface area contributed by atoms with Crippen molar-refractivity contribution in [1.82, 2.24) is 10.2 Å². The lowest BCUT2D eigenvalue weighted by molar-refractivity contribution is -0.114. The van der Waals surface area contributed by atoms with Gasteiger partial charge in [-0.3, -0.25) is 4.79 Å². The molecule has 12 heavy (non-hydrogen) atoms. The second-order valence-corrected chi connectivity index (χ2v) is 2.10. The zero-order chi connectivity index (χ0) is 8.97. The second-order valence-electron chi connectivity index (χ2n) is 2.10. The molecule has 0 saturated carbocycles. The van der Waals surface area contributed by atoms with Gasteiger partial charge in [0.25, 0.3) is 0 Å². The van der Waals surface area contributed by atoms with Gasteiger partial charge in [0.2, 0.25) is 5.91 Å². The third kappa shape index (κ3) is 2.17. The molecule has 1 heterocycles. The first-order valence-electron chi connectivity index (χ1n) is 3.31. The van der Waals surface area contributed by atoms with Crippen LogP contribution < -0.4 is 16.8 Å². The van der Waals surface area contributed by atoms with Gasteiger partial charge in [-0.25, -0.2) is 0 Å². The molecule has 1 rings (SSSR count). The second kappa shape index (κ2) is 3.63. The van der Waals surface area contributed by atoms with Crippen molar-refractivity contribution in [2.45, 2.75) is 0 Å². The largest absolute Gasteiger partial charge is 0.382 e. The van der Waals surface area contributed by atoms with Crippen LogP contribution in [-0.2, 0) is 4.79 Å². The molecular weight excluding hydrogens is 158 g/mol. The van der Waals surface area contributed by atoms with Crippen molar-refractivity contribution in [3.05, 3.63) is 12.1 Å². The Morgan fingerprint density at radius 3 is 2.75 bits per heavy atom. The molecule has 0 aromatic carbocycles. The Morgan fingerprint density at radius 2 is 2.25 bits per heavy atom. The van der Waals surface area contributed by atoms with Gasteiger partial charge in [-0.05, 0) is 12.1 Å². The van der Waals surface area contributed by atoms with Crippen molar-refractivity contribution in [2.75, 3.05) is 17.6 Å². The number of nitrogens with two attached hydrogens (primary N) is 2. The van der Waals surface area contributed by atoms with E-state index in [9.17, 15) is 4.79 Å². The van der Waals surface area contributed by atoms with E-state index in [2.05, 4.69) is 15.5 Å². The molecule has 0 fully saturated rings. The van der Waals surface area contributed by atoms with E-state index in [-0.39, 0.29) is 12.5 Å². The summed E-state index contributed by atoms with van der Waals surface area (Å²) in [7, 11) is 0. The first-order valence-corrected chi connectivity index (χ1v) is 3.31. The van der Waals surface area contributed by atoms with Gasteiger partial charge in [-0.15, -0.1) is 10.2 Å². The Hall–Kier alpha value is -1.69. The fourth-order valence-electron chi connectivity index (χ4n) is 0.603. The number of carbonyl (C=O) groups is 1. The minimum Gasteiger partial charge on any atom is -0.382 e. The number of hydrogen-bond acceptors (Lipinski definition) is 5. The molecule has 64 valence electrons. The van der Waals surface area contributed by atoms with Crippen LogP contribution >= 0.6 is 0 Å². The summed E-state index contributed by atoms with van der Waals surface area (Å²) >= 11 is 0. The number of amides is 1. The molecule has 0 aliphatic heterocycles. The molecule has 0 bridgehead atoms. The predicted molar refractivity (Wildman–Crippen MR) is 44.1 cm³/mol. The average molecular weight is 167 g/mol. The third-order valence-electron chi connectivity index (χ3n) is 1.14. The molecule has 6 nitrogen and oxygen atoms in total. The quantitative estimate of drug-likeness (QED) is 0.521. The fraction of sp³-hybridized carbons (Fsp3) is 0.167. The normalized spacial score (nSPS) is 9.42. The standard InChI is InChI=1S/C6H9N5O/c7-3-6(12)9-5-2-1-4(8)10-11-5/h1-2H,3,7H2,(H2,8,10)(H,9,11,12). The van der Waals surface area contributed by atoms with E-state index >= 15 is 0 Å². The highest BCUT2D eigenvalue weighted by molar-refractivity contribution is 5.91. The summed E-state index contributed by atoms with van der Waals surface area (Å²) in [4.78, 5) is 10.7. The highest BCUT2D eigenvalue weighted by Crippen LogP contribution is 2.01. The summed E-state index contributed by atoms with van der Waals surface area (Å²) in [6.07, 6.45) is 0. The molecule has 1 aromatic rings. The number of aromatic nitrogens is 2. The minimum atomic E-state index is -0.311. The summed E-state index contributed by atoms with van der Waals surface area (Å²) < 4.78 is 0. The van der Waals surface area contributed by atoms with Crippen LogP contribution in [-0.4, -0.2) is 22.6 Å². The van der Waals surface area contributed by atoms with E-state index in [0.717, 1.165) is 0 Å². The maximum absolute atomic E-state index is 10.7. The molecule has 1 aromatic heterocycles. The number of rotatable bonds is 2. The molecule has 6 heteroatoms. The Morgan fingerprint density at radius 1 is 1.50 bits per heavy atom. The van der Waals surface area contributed by atoms with Gasteiger partial charge in [0.05, 0.1) is 6.54 Å². The summed E-state index contributed by atoms with van der Waals surface area (Å²) in [5, 5.41) is 9.57. The maximum atomic E-state index is 10.7. The number of carbonyl (C=O) groups excluding carboxylic acids is 1. The predicted octanol–water partition coefficient (Wildman–Crippen LogP) is -1.04. The third-order valence-corrected chi connectivity index (χ3v) is 1.14. The summed E-state index contributed by atoms with van der Waals surface area (Å²) in [5.41, 5.74) is 10.3. The zero-order valence-corrected chi connectivity index (χ0v) is 6.32. The van der Waals surface area contributed by atoms with Crippen LogP contribution in [0.3, 0.4) is 0 Å². The summed E-state index contributed by atoms with van der Waals surface area (Å²) in [6.45, 7) is -0.0773. The van der Waals surface area contributed by atoms with Crippen molar-refractivity contribution in [3.8, 4) is 0 Å². The van der Waals surface area contributed by atoms with Crippen LogP contribution in [0.15, 0.2) is 12.1 Å². The molecule has 0 aliphatic rings. The average Bonchev–Trinajstić information content (AvgIpc) is 2.09. The lowest BCUT2D eigenvalue weighted by Crippen LogP contribution is -2.22. The van der Waals surface area contributed by atoms with Crippen LogP contribution in [0.25, 0.3) is 0 Å². The molecular formula is C6H9N5O. The first kappa shape index (κ1) is 8.41. The lowest BCUT2D eigenvalue weighted by atomic mass is 10.5. The molecule has 5 N–H and O–H groups in total. The molecule has 0 unspecified atom stereocenters. The molecule has 0 saturated heterocycles. The highest BCUT2D eigenvalue weighted by atomic mass is 16.1. The van der Waals surface area contributed by atoms with E-state index in [0.29, 0.717) is 11.6 Å². The van der Waals surface area contributed by atoms with E-state index in [1.54, 1.807) is 12.1 Å². The molecule has 0 atom stereocenters. The van der Waals surface area contributed by atoms with E-state index in [1.807, 2.05) is 0 Å². The van der Waals surface area contributed by atoms with Crippen molar-refractivity contribution in [2.24, 2.45) is 5.73 Å². The maximum Gasteiger partial charge on any atom is 0.239 e. The summed E-state index contributed by atoms with van der Waals surface area (Å²) in [5.74, 6) is 0.342. The first-order chi connectivity index (χ1) is 5.72. The van der Waals surface area contributed by atoms with Crippen LogP contribution in [0.1, 0.15) is 0 Å². The zero-order valence-electron chi connectivity index (χ0n) is 6.32. The van der Waals surface area contributed by atoms with Crippen molar-refractivity contribution >= 4 is 17.5 Å². The minimum absolute atomic E-state index is 0.0773. The smallest absolute Gasteiger partial charge is 0.239 e. The topological polar surface area (TPSA) is 107 Å². The number of nitrogens with one attached hydrogen (secondary N) is 1. The Kier molecular flexibility index (Phi) is 2.54. The van der Waals surface area contributed by atoms with Crippen molar-refractivity contribution in [3.63, 3.8) is 0 Å². The van der Waals surface area contributed by atoms with Crippen LogP contribution in [0.5, 0.6) is 0 Å². The van der Waals surface area contributed by atoms with Crippen LogP contribution in [0, 0.1) is 0 Å². The molecule has 0 spiro atoms. The molecule has 1 amide bonds. The Bertz CT molecular complexity index is 270. The van der Waals surface area contributed by atoms with Gasteiger partial charge in [0.1, 0.15) is 5.82 Å². The van der Waals surface area contributed by atoms with Crippen LogP contribution in [0.2, 0.25) is 0 Å². The monoisotopic (exact) mass is 167 g/mol. The van der Waals surface area contributed by atoms with Crippen LogP contribution in [0.4, 0.5) is 11.6 Å². The molecule has 0 radical (unpaired) electrons. The van der Waals surface area contributed by atoms with Crippen molar-refractivity contribution in [1.29, 1.82) is 0 Å². The molecule has 0 aliphatic carbocycles. The number of anilines is 2. The number of nitrogens with zero attached hydrogens (tertiary/aromatic N) is 2. The number of nitrogen functional groups attached to an aromatic ring is 1. The Balaban J connectivity index is 2.64. The van der Waals surface area contributed by atoms with Gasteiger partial charge >= 0.3 is 0 Å². The Labute approximate surface area is 69.0 Å². The van der Waals surface area contributed by atoms with Gasteiger partial charge in [0, 0.05) is 0 Å². The van der Waals surface area contributed by atoms with Gasteiger partial charge in [-0.2, -0.15) is 0 Å². The van der Waals surface area contributed by atoms with Gasteiger partial charge in [-0.1, -0.05) is 0 Å². The van der Waals surface area contributed by atoms with E-state index in [4.69, 9.17) is 11.5 Å². The SMILES string of the molecule is NCC(=O)Nc1ccc(N)nn1. The number of hydrogen-bond donors (Lipinski definition) is 3. The van der Waals surface area contributed by atoms with Crippen molar-refractivity contribution < 1.29 is 4.79 Å². The summed E-state index contributed by atoms with van der Waals surface area (Å²) in [6, 6.07) is 3.09. The highest BCUT2D eigenvalue weighted by Gasteiger charge is 1.99. The van der Waals surface area contributed by atoms with Gasteiger partial charge in [0.15, 0.2) is 5.82 Å². The van der Waals surface area contributed by atoms with E-state index < -0.39 is 0 Å². The fourth-order valence-corrected chi connectivity index (χ4v) is 0.603.